The van der Waals surface area contributed by atoms with Crippen LogP contribution in [0.25, 0.3) is 0 Å². The third-order valence-corrected chi connectivity index (χ3v) is 4.11. The molecule has 1 aliphatic rings. The third kappa shape index (κ3) is 3.50. The van der Waals surface area contributed by atoms with Crippen LogP contribution >= 0.6 is 0 Å². The molecule has 0 saturated heterocycles. The molecule has 0 spiro atoms. The van der Waals surface area contributed by atoms with Gasteiger partial charge in [-0.1, -0.05) is 39.0 Å². The zero-order valence-electron chi connectivity index (χ0n) is 12.8. The summed E-state index contributed by atoms with van der Waals surface area (Å²) in [7, 11) is 2.06. The molecular weight excluding hydrogens is 234 g/mol. The van der Waals surface area contributed by atoms with Crippen LogP contribution in [0.4, 0.5) is 0 Å². The van der Waals surface area contributed by atoms with Crippen molar-refractivity contribution in [1.82, 2.24) is 5.32 Å². The van der Waals surface area contributed by atoms with Gasteiger partial charge in [0.1, 0.15) is 5.75 Å². The van der Waals surface area contributed by atoms with E-state index in [2.05, 4.69) is 51.3 Å². The van der Waals surface area contributed by atoms with E-state index >= 15 is 0 Å². The van der Waals surface area contributed by atoms with Crippen molar-refractivity contribution in [3.8, 4) is 5.75 Å². The Hall–Kier alpha value is -1.02. The summed E-state index contributed by atoms with van der Waals surface area (Å²) in [4.78, 5) is 0. The van der Waals surface area contributed by atoms with Gasteiger partial charge in [0.25, 0.3) is 0 Å². The standard InChI is InChI=1S/C17H27NO/c1-17(2,3)15(18-4)11-10-14-8-5-7-13-9-6-12-19-16(13)14/h5,7-8,15,18H,6,9-12H2,1-4H3. The minimum absolute atomic E-state index is 0.296. The van der Waals surface area contributed by atoms with Gasteiger partial charge in [-0.3, -0.25) is 0 Å². The van der Waals surface area contributed by atoms with Crippen LogP contribution in [0, 0.1) is 5.41 Å². The number of para-hydroxylation sites is 1. The Bertz CT molecular complexity index is 420. The molecule has 0 aromatic heterocycles. The minimum Gasteiger partial charge on any atom is -0.493 e. The van der Waals surface area contributed by atoms with Gasteiger partial charge in [0.2, 0.25) is 0 Å². The first-order valence-electron chi connectivity index (χ1n) is 7.43. The number of rotatable bonds is 4. The van der Waals surface area contributed by atoms with Gasteiger partial charge in [-0.15, -0.1) is 0 Å². The number of hydrogen-bond acceptors (Lipinski definition) is 2. The van der Waals surface area contributed by atoms with Crippen LogP contribution in [0.3, 0.4) is 0 Å². The summed E-state index contributed by atoms with van der Waals surface area (Å²) >= 11 is 0. The van der Waals surface area contributed by atoms with Crippen LogP contribution in [0.1, 0.15) is 44.7 Å². The van der Waals surface area contributed by atoms with Crippen LogP contribution in [0.2, 0.25) is 0 Å². The fourth-order valence-electron chi connectivity index (χ4n) is 2.96. The molecule has 106 valence electrons. The number of hydrogen-bond donors (Lipinski definition) is 1. The first-order valence-corrected chi connectivity index (χ1v) is 7.43. The Labute approximate surface area is 117 Å². The SMILES string of the molecule is CNC(CCc1cccc2c1OCCC2)C(C)(C)C. The van der Waals surface area contributed by atoms with Gasteiger partial charge in [0.15, 0.2) is 0 Å². The fourth-order valence-corrected chi connectivity index (χ4v) is 2.96. The lowest BCUT2D eigenvalue weighted by Crippen LogP contribution is -2.38. The van der Waals surface area contributed by atoms with Gasteiger partial charge in [0.05, 0.1) is 6.61 Å². The lowest BCUT2D eigenvalue weighted by atomic mass is 9.83. The smallest absolute Gasteiger partial charge is 0.125 e. The van der Waals surface area contributed by atoms with Crippen LogP contribution in [0.5, 0.6) is 5.75 Å². The summed E-state index contributed by atoms with van der Waals surface area (Å²) in [5.41, 5.74) is 3.06. The molecule has 1 aliphatic heterocycles. The molecule has 2 nitrogen and oxygen atoms in total. The lowest BCUT2D eigenvalue weighted by Gasteiger charge is -2.31. The maximum absolute atomic E-state index is 5.89. The van der Waals surface area contributed by atoms with Gasteiger partial charge >= 0.3 is 0 Å². The minimum atomic E-state index is 0.296. The molecule has 0 bridgehead atoms. The third-order valence-electron chi connectivity index (χ3n) is 4.11. The van der Waals surface area contributed by atoms with Crippen molar-refractivity contribution in [2.24, 2.45) is 5.41 Å². The molecule has 2 heteroatoms. The molecule has 1 heterocycles. The number of aryl methyl sites for hydroxylation is 2. The zero-order valence-corrected chi connectivity index (χ0v) is 12.8. The Morgan fingerprint density at radius 2 is 2.11 bits per heavy atom. The van der Waals surface area contributed by atoms with Crippen molar-refractivity contribution in [2.75, 3.05) is 13.7 Å². The molecule has 0 amide bonds. The van der Waals surface area contributed by atoms with E-state index in [-0.39, 0.29) is 0 Å². The molecule has 19 heavy (non-hydrogen) atoms. The van der Waals surface area contributed by atoms with Crippen molar-refractivity contribution in [3.63, 3.8) is 0 Å². The maximum Gasteiger partial charge on any atom is 0.125 e. The van der Waals surface area contributed by atoms with Crippen LogP contribution in [-0.2, 0) is 12.8 Å². The van der Waals surface area contributed by atoms with E-state index in [0.29, 0.717) is 11.5 Å². The van der Waals surface area contributed by atoms with E-state index in [1.54, 1.807) is 0 Å². The van der Waals surface area contributed by atoms with Crippen molar-refractivity contribution in [1.29, 1.82) is 0 Å². The second kappa shape index (κ2) is 5.96. The van der Waals surface area contributed by atoms with Crippen molar-refractivity contribution < 1.29 is 4.74 Å². The quantitative estimate of drug-likeness (QED) is 0.894. The van der Waals surface area contributed by atoms with Crippen LogP contribution in [-0.4, -0.2) is 19.7 Å². The highest BCUT2D eigenvalue weighted by atomic mass is 16.5. The zero-order chi connectivity index (χ0) is 13.9. The van der Waals surface area contributed by atoms with E-state index in [9.17, 15) is 0 Å². The summed E-state index contributed by atoms with van der Waals surface area (Å²) in [5, 5.41) is 3.45. The average molecular weight is 261 g/mol. The molecule has 2 rings (SSSR count). The lowest BCUT2D eigenvalue weighted by molar-refractivity contribution is 0.262. The molecule has 1 N–H and O–H groups in total. The van der Waals surface area contributed by atoms with E-state index in [1.807, 2.05) is 0 Å². The summed E-state index contributed by atoms with van der Waals surface area (Å²) < 4.78 is 5.89. The van der Waals surface area contributed by atoms with Gasteiger partial charge in [-0.05, 0) is 49.3 Å². The predicted molar refractivity (Wildman–Crippen MR) is 80.9 cm³/mol. The fraction of sp³-hybridized carbons (Fsp3) is 0.647. The topological polar surface area (TPSA) is 21.3 Å². The number of nitrogens with one attached hydrogen (secondary N) is 1. The normalized spacial score (nSPS) is 16.6. The van der Waals surface area contributed by atoms with Crippen molar-refractivity contribution in [2.45, 2.75) is 52.5 Å². The maximum atomic E-state index is 5.89. The number of benzene rings is 1. The largest absolute Gasteiger partial charge is 0.493 e. The van der Waals surface area contributed by atoms with E-state index in [0.717, 1.165) is 38.0 Å². The van der Waals surface area contributed by atoms with Crippen molar-refractivity contribution >= 4 is 0 Å². The highest BCUT2D eigenvalue weighted by Gasteiger charge is 2.23. The van der Waals surface area contributed by atoms with E-state index in [1.165, 1.54) is 11.1 Å². The highest BCUT2D eigenvalue weighted by molar-refractivity contribution is 5.42. The van der Waals surface area contributed by atoms with Crippen LogP contribution in [0.15, 0.2) is 18.2 Å². The van der Waals surface area contributed by atoms with Gasteiger partial charge in [-0.2, -0.15) is 0 Å². The van der Waals surface area contributed by atoms with E-state index in [4.69, 9.17) is 4.74 Å². The summed E-state index contributed by atoms with van der Waals surface area (Å²) in [6.45, 7) is 7.76. The van der Waals surface area contributed by atoms with E-state index < -0.39 is 0 Å². The van der Waals surface area contributed by atoms with Crippen molar-refractivity contribution in [3.05, 3.63) is 29.3 Å². The Morgan fingerprint density at radius 3 is 2.79 bits per heavy atom. The second-order valence-electron chi connectivity index (χ2n) is 6.60. The molecule has 1 aromatic carbocycles. The molecule has 1 unspecified atom stereocenters. The average Bonchev–Trinajstić information content (AvgIpc) is 2.38. The summed E-state index contributed by atoms with van der Waals surface area (Å²) in [5.74, 6) is 1.16. The summed E-state index contributed by atoms with van der Waals surface area (Å²) in [6, 6.07) is 7.14. The molecule has 1 aromatic rings. The Morgan fingerprint density at radius 1 is 1.32 bits per heavy atom. The molecule has 1 atom stereocenters. The number of fused-ring (bicyclic) bond motifs is 1. The molecule has 0 saturated carbocycles. The van der Waals surface area contributed by atoms with Gasteiger partial charge < -0.3 is 10.1 Å². The Kier molecular flexibility index (Phi) is 4.51. The monoisotopic (exact) mass is 261 g/mol. The highest BCUT2D eigenvalue weighted by Crippen LogP contribution is 2.31. The first-order chi connectivity index (χ1) is 9.02. The first kappa shape index (κ1) is 14.4. The second-order valence-corrected chi connectivity index (χ2v) is 6.60. The Balaban J connectivity index is 2.07. The number of ether oxygens (including phenoxy) is 1. The van der Waals surface area contributed by atoms with Gasteiger partial charge in [-0.25, -0.2) is 0 Å². The van der Waals surface area contributed by atoms with Gasteiger partial charge in [0, 0.05) is 6.04 Å². The molecular formula is C17H27NO. The summed E-state index contributed by atoms with van der Waals surface area (Å²) in [6.07, 6.45) is 4.56. The molecule has 0 radical (unpaired) electrons. The van der Waals surface area contributed by atoms with Crippen LogP contribution < -0.4 is 10.1 Å². The molecule has 0 aliphatic carbocycles. The predicted octanol–water partition coefficient (Wildman–Crippen LogP) is 3.58. The molecule has 0 fully saturated rings.